The number of carbonyl (C=O) groups excluding carboxylic acids is 2. The summed E-state index contributed by atoms with van der Waals surface area (Å²) in [7, 11) is -2.07. The summed E-state index contributed by atoms with van der Waals surface area (Å²) in [5, 5.41) is 6.88. The van der Waals surface area contributed by atoms with Crippen molar-refractivity contribution in [2.75, 3.05) is 25.0 Å². The summed E-state index contributed by atoms with van der Waals surface area (Å²) in [6.07, 6.45) is 2.27. The summed E-state index contributed by atoms with van der Waals surface area (Å²) in [5.41, 5.74) is 3.17. The lowest BCUT2D eigenvalue weighted by Gasteiger charge is -2.40. The van der Waals surface area contributed by atoms with Crippen LogP contribution in [0.3, 0.4) is 0 Å². The third-order valence-corrected chi connectivity index (χ3v) is 12.7. The van der Waals surface area contributed by atoms with Crippen LogP contribution in [-0.4, -0.2) is 50.7 Å². The number of nitrogens with one attached hydrogen (secondary N) is 2. The maximum Gasteiger partial charge on any atom is 0.407 e. The van der Waals surface area contributed by atoms with Crippen molar-refractivity contribution in [1.29, 1.82) is 0 Å². The van der Waals surface area contributed by atoms with E-state index < -0.39 is 20.0 Å². The third kappa shape index (κ3) is 11.2. The summed E-state index contributed by atoms with van der Waals surface area (Å²) >= 11 is 6.32. The van der Waals surface area contributed by atoms with Gasteiger partial charge in [0.2, 0.25) is 0 Å². The molecule has 0 radical (unpaired) electrons. The SMILES string of the molecule is CCOC(=O)c1ccnc(-c2cccc(NCCNC(=O)OC(C)(C)CC[C@@H](O[Si](C)(C)C(C)(C)C)c3cccc(Cl)c3)c2)c1. The Morgan fingerprint density at radius 3 is 2.40 bits per heavy atom. The summed E-state index contributed by atoms with van der Waals surface area (Å²) < 4.78 is 17.7. The second-order valence-corrected chi connectivity index (χ2v) is 18.4. The normalized spacial score (nSPS) is 12.7. The van der Waals surface area contributed by atoms with Gasteiger partial charge in [-0.2, -0.15) is 0 Å². The second-order valence-electron chi connectivity index (χ2n) is 13.2. The first-order valence-electron chi connectivity index (χ1n) is 15.5. The van der Waals surface area contributed by atoms with E-state index in [1.807, 2.05) is 62.4 Å². The van der Waals surface area contributed by atoms with Gasteiger partial charge in [0.25, 0.3) is 0 Å². The van der Waals surface area contributed by atoms with Crippen LogP contribution in [0.4, 0.5) is 10.5 Å². The molecule has 0 aliphatic heterocycles. The molecule has 8 nitrogen and oxygen atoms in total. The Kier molecular flexibility index (Phi) is 12.6. The fourth-order valence-electron chi connectivity index (χ4n) is 4.44. The summed E-state index contributed by atoms with van der Waals surface area (Å²) in [4.78, 5) is 29.2. The maximum atomic E-state index is 12.7. The van der Waals surface area contributed by atoms with Crippen molar-refractivity contribution in [3.05, 3.63) is 83.0 Å². The standard InChI is InChI=1S/C35H48ClN3O5Si/c1-9-42-32(40)27-17-19-38-30(24-27)25-12-11-15-29(23-25)37-20-21-39-33(41)43-35(5,6)18-16-31(26-13-10-14-28(36)22-26)44-45(7,8)34(2,3)4/h10-15,17,19,22-24,31,37H,9,16,18,20-21H2,1-8H3,(H,39,41)/t31-/m1/s1. The minimum Gasteiger partial charge on any atom is -0.462 e. The van der Waals surface area contributed by atoms with Gasteiger partial charge in [-0.1, -0.05) is 56.6 Å². The van der Waals surface area contributed by atoms with E-state index in [9.17, 15) is 9.59 Å². The molecule has 3 rings (SSSR count). The minimum absolute atomic E-state index is 0.0527. The third-order valence-electron chi connectivity index (χ3n) is 7.99. The van der Waals surface area contributed by atoms with Crippen molar-refractivity contribution in [3.8, 4) is 11.3 Å². The number of benzene rings is 2. The zero-order valence-electron chi connectivity index (χ0n) is 27.8. The molecule has 0 fully saturated rings. The Labute approximate surface area is 274 Å². The molecular formula is C35H48ClN3O5Si. The Hall–Kier alpha value is -3.40. The Morgan fingerprint density at radius 2 is 1.71 bits per heavy atom. The number of hydrogen-bond donors (Lipinski definition) is 2. The molecule has 0 saturated carbocycles. The highest BCUT2D eigenvalue weighted by atomic mass is 35.5. The Bertz CT molecular complexity index is 1440. The highest BCUT2D eigenvalue weighted by molar-refractivity contribution is 6.74. The first kappa shape index (κ1) is 36.1. The van der Waals surface area contributed by atoms with Crippen LogP contribution in [0, 0.1) is 0 Å². The molecule has 0 aliphatic carbocycles. The molecule has 2 aromatic carbocycles. The van der Waals surface area contributed by atoms with Gasteiger partial charge in [0.1, 0.15) is 5.60 Å². The van der Waals surface area contributed by atoms with Gasteiger partial charge in [0, 0.05) is 35.6 Å². The van der Waals surface area contributed by atoms with E-state index in [-0.39, 0.29) is 17.1 Å². The quantitative estimate of drug-likeness (QED) is 0.102. The van der Waals surface area contributed by atoms with Crippen molar-refractivity contribution in [3.63, 3.8) is 0 Å². The molecule has 244 valence electrons. The van der Waals surface area contributed by atoms with Crippen LogP contribution in [0.25, 0.3) is 11.3 Å². The van der Waals surface area contributed by atoms with E-state index in [1.54, 1.807) is 25.3 Å². The van der Waals surface area contributed by atoms with Gasteiger partial charge in [-0.3, -0.25) is 4.98 Å². The number of rotatable bonds is 14. The largest absolute Gasteiger partial charge is 0.462 e. The van der Waals surface area contributed by atoms with E-state index in [2.05, 4.69) is 49.5 Å². The van der Waals surface area contributed by atoms with Crippen LogP contribution in [0.15, 0.2) is 66.9 Å². The molecule has 10 heteroatoms. The monoisotopic (exact) mass is 653 g/mol. The first-order valence-corrected chi connectivity index (χ1v) is 18.8. The van der Waals surface area contributed by atoms with E-state index in [1.165, 1.54) is 0 Å². The first-order chi connectivity index (χ1) is 21.1. The van der Waals surface area contributed by atoms with E-state index in [0.29, 0.717) is 48.8 Å². The lowest BCUT2D eigenvalue weighted by molar-refractivity contribution is 0.0216. The fraction of sp³-hybridized carbons (Fsp3) is 0.457. The number of nitrogens with zero attached hydrogens (tertiary/aromatic N) is 1. The molecule has 1 heterocycles. The average molecular weight is 654 g/mol. The number of anilines is 1. The van der Waals surface area contributed by atoms with Gasteiger partial charge in [0.05, 0.1) is 24.0 Å². The van der Waals surface area contributed by atoms with Gasteiger partial charge < -0.3 is 24.5 Å². The number of ether oxygens (including phenoxy) is 2. The number of alkyl carbamates (subject to hydrolysis) is 1. The Morgan fingerprint density at radius 1 is 0.978 bits per heavy atom. The van der Waals surface area contributed by atoms with E-state index in [4.69, 9.17) is 25.5 Å². The van der Waals surface area contributed by atoms with Gasteiger partial charge in [0.15, 0.2) is 8.32 Å². The lowest BCUT2D eigenvalue weighted by Crippen LogP contribution is -2.42. The summed E-state index contributed by atoms with van der Waals surface area (Å²) in [6, 6.07) is 18.9. The molecule has 3 aromatic rings. The van der Waals surface area contributed by atoms with E-state index in [0.717, 1.165) is 16.8 Å². The number of halogens is 1. The lowest BCUT2D eigenvalue weighted by atomic mass is 9.96. The molecular weight excluding hydrogens is 606 g/mol. The second kappa shape index (κ2) is 15.7. The smallest absolute Gasteiger partial charge is 0.407 e. The van der Waals surface area contributed by atoms with Crippen molar-refractivity contribution in [2.24, 2.45) is 0 Å². The molecule has 0 saturated heterocycles. The average Bonchev–Trinajstić information content (AvgIpc) is 2.97. The number of hydrogen-bond acceptors (Lipinski definition) is 7. The molecule has 1 atom stereocenters. The predicted molar refractivity (Wildman–Crippen MR) is 184 cm³/mol. The topological polar surface area (TPSA) is 98.8 Å². The molecule has 45 heavy (non-hydrogen) atoms. The number of amides is 1. The van der Waals surface area contributed by atoms with Crippen molar-refractivity contribution < 1.29 is 23.5 Å². The maximum absolute atomic E-state index is 12.7. The molecule has 0 unspecified atom stereocenters. The van der Waals surface area contributed by atoms with Crippen LogP contribution in [0.2, 0.25) is 23.2 Å². The van der Waals surface area contributed by atoms with Gasteiger partial charge in [-0.25, -0.2) is 9.59 Å². The molecule has 1 aromatic heterocycles. The van der Waals surface area contributed by atoms with E-state index >= 15 is 0 Å². The van der Waals surface area contributed by atoms with Gasteiger partial charge >= 0.3 is 12.1 Å². The zero-order valence-corrected chi connectivity index (χ0v) is 29.6. The molecule has 0 aliphatic rings. The van der Waals surface area contributed by atoms with Crippen molar-refractivity contribution in [1.82, 2.24) is 10.3 Å². The van der Waals surface area contributed by atoms with Crippen LogP contribution in [0.1, 0.15) is 76.4 Å². The molecule has 1 amide bonds. The number of esters is 1. The predicted octanol–water partition coefficient (Wildman–Crippen LogP) is 9.04. The highest BCUT2D eigenvalue weighted by Gasteiger charge is 2.40. The van der Waals surface area contributed by atoms with Crippen LogP contribution >= 0.6 is 11.6 Å². The van der Waals surface area contributed by atoms with Crippen LogP contribution < -0.4 is 10.6 Å². The van der Waals surface area contributed by atoms with Crippen LogP contribution in [-0.2, 0) is 13.9 Å². The summed E-state index contributed by atoms with van der Waals surface area (Å²) in [5.74, 6) is -0.378. The molecule has 0 bridgehead atoms. The summed E-state index contributed by atoms with van der Waals surface area (Å²) in [6.45, 7) is 17.9. The van der Waals surface area contributed by atoms with Gasteiger partial charge in [-0.15, -0.1) is 0 Å². The molecule has 2 N–H and O–H groups in total. The van der Waals surface area contributed by atoms with Gasteiger partial charge in [-0.05, 0) is 93.7 Å². The number of pyridine rings is 1. The fourth-order valence-corrected chi connectivity index (χ4v) is 5.96. The Balaban J connectivity index is 1.52. The number of aromatic nitrogens is 1. The van der Waals surface area contributed by atoms with Crippen LogP contribution in [0.5, 0.6) is 0 Å². The molecule has 0 spiro atoms. The zero-order chi connectivity index (χ0) is 33.3. The van der Waals surface area contributed by atoms with Crippen molar-refractivity contribution >= 4 is 37.7 Å². The highest BCUT2D eigenvalue weighted by Crippen LogP contribution is 2.41. The van der Waals surface area contributed by atoms with Crippen molar-refractivity contribution in [2.45, 2.75) is 84.2 Å². The number of carbonyl (C=O) groups is 2. The minimum atomic E-state index is -2.07.